The molecule has 0 spiro atoms. The molecule has 124 valence electrons. The number of nitrogens with zero attached hydrogens (tertiary/aromatic N) is 5. The van der Waals surface area contributed by atoms with E-state index in [-0.39, 0.29) is 5.91 Å². The molecule has 23 heavy (non-hydrogen) atoms. The van der Waals surface area contributed by atoms with Gasteiger partial charge in [0, 0.05) is 25.4 Å². The fourth-order valence-corrected chi connectivity index (χ4v) is 3.19. The Bertz CT molecular complexity index is 689. The molecule has 1 fully saturated rings. The second kappa shape index (κ2) is 6.54. The summed E-state index contributed by atoms with van der Waals surface area (Å²) < 4.78 is 3.67. The molecule has 0 saturated carbocycles. The van der Waals surface area contributed by atoms with Crippen LogP contribution < -0.4 is 5.32 Å². The Morgan fingerprint density at radius 3 is 2.91 bits per heavy atom. The molecule has 0 aliphatic carbocycles. The predicted octanol–water partition coefficient (Wildman–Crippen LogP) is 1.34. The number of carbonyl (C=O) groups excluding carboxylic acids is 1. The fraction of sp³-hybridized carbons (Fsp3) is 0.562. The van der Waals surface area contributed by atoms with Crippen molar-refractivity contribution in [3.05, 3.63) is 29.7 Å². The number of hydrogen-bond donors (Lipinski definition) is 1. The van der Waals surface area contributed by atoms with Crippen molar-refractivity contribution < 1.29 is 4.79 Å². The maximum atomic E-state index is 12.3. The van der Waals surface area contributed by atoms with Crippen molar-refractivity contribution in [3.8, 4) is 0 Å². The third kappa shape index (κ3) is 3.79. The van der Waals surface area contributed by atoms with Crippen LogP contribution in [0.5, 0.6) is 0 Å². The van der Waals surface area contributed by atoms with Crippen LogP contribution >= 0.6 is 0 Å². The van der Waals surface area contributed by atoms with Crippen molar-refractivity contribution in [2.45, 2.75) is 39.3 Å². The molecule has 0 bridgehead atoms. The van der Waals surface area contributed by atoms with Crippen LogP contribution in [0.4, 0.5) is 5.82 Å². The van der Waals surface area contributed by atoms with Crippen molar-refractivity contribution in [1.82, 2.24) is 24.5 Å². The number of rotatable bonds is 5. The van der Waals surface area contributed by atoms with Crippen molar-refractivity contribution in [2.24, 2.45) is 7.05 Å². The van der Waals surface area contributed by atoms with Crippen LogP contribution in [0.3, 0.4) is 0 Å². The third-order valence-corrected chi connectivity index (χ3v) is 4.28. The van der Waals surface area contributed by atoms with Gasteiger partial charge < -0.3 is 5.32 Å². The Hall–Kier alpha value is -2.15. The van der Waals surface area contributed by atoms with Crippen LogP contribution in [0.15, 0.2) is 18.5 Å². The van der Waals surface area contributed by atoms with Gasteiger partial charge in [-0.2, -0.15) is 10.2 Å². The van der Waals surface area contributed by atoms with Crippen molar-refractivity contribution >= 4 is 11.7 Å². The highest BCUT2D eigenvalue weighted by Crippen LogP contribution is 2.19. The molecular weight excluding hydrogens is 292 g/mol. The van der Waals surface area contributed by atoms with Crippen molar-refractivity contribution in [2.75, 3.05) is 18.4 Å². The number of likely N-dealkylation sites (tertiary alicyclic amines) is 1. The summed E-state index contributed by atoms with van der Waals surface area (Å²) in [6.07, 6.45) is 6.16. The van der Waals surface area contributed by atoms with E-state index in [4.69, 9.17) is 0 Å². The van der Waals surface area contributed by atoms with E-state index in [1.807, 2.05) is 37.8 Å². The lowest BCUT2D eigenvalue weighted by molar-refractivity contribution is -0.117. The number of nitrogens with one attached hydrogen (secondary N) is 1. The monoisotopic (exact) mass is 316 g/mol. The maximum absolute atomic E-state index is 12.3. The van der Waals surface area contributed by atoms with E-state index >= 15 is 0 Å². The second-order valence-electron chi connectivity index (χ2n) is 6.35. The van der Waals surface area contributed by atoms with Gasteiger partial charge in [0.25, 0.3) is 0 Å². The lowest BCUT2D eigenvalue weighted by Crippen LogP contribution is -2.39. The predicted molar refractivity (Wildman–Crippen MR) is 88.1 cm³/mol. The summed E-state index contributed by atoms with van der Waals surface area (Å²) in [6, 6.07) is 2.25. The van der Waals surface area contributed by atoms with Crippen molar-refractivity contribution in [1.29, 1.82) is 0 Å². The average molecular weight is 316 g/mol. The maximum Gasteiger partial charge on any atom is 0.239 e. The zero-order chi connectivity index (χ0) is 16.4. The van der Waals surface area contributed by atoms with Gasteiger partial charge in [-0.25, -0.2) is 0 Å². The average Bonchev–Trinajstić information content (AvgIpc) is 3.15. The van der Waals surface area contributed by atoms with E-state index in [0.717, 1.165) is 37.4 Å². The van der Waals surface area contributed by atoms with Crippen LogP contribution in [0, 0.1) is 13.8 Å². The lowest BCUT2D eigenvalue weighted by atomic mass is 10.2. The van der Waals surface area contributed by atoms with Crippen molar-refractivity contribution in [3.63, 3.8) is 0 Å². The number of hydrogen-bond acceptors (Lipinski definition) is 4. The van der Waals surface area contributed by atoms with E-state index in [2.05, 4.69) is 26.6 Å². The standard InChI is InChI=1S/C16H24N6O/c1-12-8-17-22(9-12)10-14-5-4-6-21(14)11-16(23)18-15-7-13(2)19-20(15)3/h7-9,14H,4-6,10-11H2,1-3H3,(H,18,23)/t14-/m0/s1. The van der Waals surface area contributed by atoms with E-state index in [1.54, 1.807) is 4.68 Å². The molecule has 3 heterocycles. The molecule has 1 aliphatic heterocycles. The number of carbonyl (C=O) groups is 1. The minimum atomic E-state index is 0.0107. The Balaban J connectivity index is 1.57. The first-order chi connectivity index (χ1) is 11.0. The Kier molecular flexibility index (Phi) is 4.47. The molecule has 0 aromatic carbocycles. The first-order valence-electron chi connectivity index (χ1n) is 8.05. The van der Waals surface area contributed by atoms with Gasteiger partial charge in [0.15, 0.2) is 0 Å². The van der Waals surface area contributed by atoms with Gasteiger partial charge in [-0.15, -0.1) is 0 Å². The molecule has 0 radical (unpaired) electrons. The highest BCUT2D eigenvalue weighted by molar-refractivity contribution is 5.91. The largest absolute Gasteiger partial charge is 0.310 e. The van der Waals surface area contributed by atoms with Gasteiger partial charge in [0.2, 0.25) is 5.91 Å². The highest BCUT2D eigenvalue weighted by Gasteiger charge is 2.27. The Morgan fingerprint density at radius 1 is 1.43 bits per heavy atom. The van der Waals surface area contributed by atoms with Crippen LogP contribution in [0.2, 0.25) is 0 Å². The first-order valence-corrected chi connectivity index (χ1v) is 8.05. The molecule has 0 unspecified atom stereocenters. The highest BCUT2D eigenvalue weighted by atomic mass is 16.2. The fourth-order valence-electron chi connectivity index (χ4n) is 3.19. The zero-order valence-electron chi connectivity index (χ0n) is 14.0. The molecule has 7 heteroatoms. The molecule has 1 aliphatic rings. The molecule has 2 aromatic rings. The Morgan fingerprint density at radius 2 is 2.26 bits per heavy atom. The second-order valence-corrected chi connectivity index (χ2v) is 6.35. The summed E-state index contributed by atoms with van der Waals surface area (Å²) in [5.74, 6) is 0.752. The van der Waals surface area contributed by atoms with Gasteiger partial charge in [-0.3, -0.25) is 19.1 Å². The lowest BCUT2D eigenvalue weighted by Gasteiger charge is -2.23. The summed E-state index contributed by atoms with van der Waals surface area (Å²) in [5, 5.41) is 11.5. The summed E-state index contributed by atoms with van der Waals surface area (Å²) >= 11 is 0. The summed E-state index contributed by atoms with van der Waals surface area (Å²) in [4.78, 5) is 14.6. The smallest absolute Gasteiger partial charge is 0.239 e. The van der Waals surface area contributed by atoms with E-state index in [0.29, 0.717) is 12.6 Å². The van der Waals surface area contributed by atoms with Crippen LogP contribution in [-0.4, -0.2) is 49.5 Å². The SMILES string of the molecule is Cc1cnn(C[C@@H]2CCCN2CC(=O)Nc2cc(C)nn2C)c1. The van der Waals surface area contributed by atoms with Crippen LogP contribution in [0.25, 0.3) is 0 Å². The molecule has 3 rings (SSSR count). The van der Waals surface area contributed by atoms with Gasteiger partial charge in [0.1, 0.15) is 5.82 Å². The number of aromatic nitrogens is 4. The topological polar surface area (TPSA) is 68.0 Å². The molecule has 7 nitrogen and oxygen atoms in total. The summed E-state index contributed by atoms with van der Waals surface area (Å²) in [7, 11) is 1.83. The third-order valence-electron chi connectivity index (χ3n) is 4.28. The van der Waals surface area contributed by atoms with Crippen LogP contribution in [-0.2, 0) is 18.4 Å². The van der Waals surface area contributed by atoms with Gasteiger partial charge in [-0.1, -0.05) is 0 Å². The minimum Gasteiger partial charge on any atom is -0.310 e. The summed E-state index contributed by atoms with van der Waals surface area (Å²) in [5.41, 5.74) is 2.06. The van der Waals surface area contributed by atoms with E-state index in [1.165, 1.54) is 5.56 Å². The van der Waals surface area contributed by atoms with Gasteiger partial charge in [-0.05, 0) is 38.8 Å². The first kappa shape index (κ1) is 15.7. The molecule has 1 N–H and O–H groups in total. The van der Waals surface area contributed by atoms with E-state index < -0.39 is 0 Å². The number of anilines is 1. The Labute approximate surface area is 136 Å². The van der Waals surface area contributed by atoms with Gasteiger partial charge >= 0.3 is 0 Å². The van der Waals surface area contributed by atoms with E-state index in [9.17, 15) is 4.79 Å². The number of aryl methyl sites for hydroxylation is 3. The number of amides is 1. The molecular formula is C16H24N6O. The zero-order valence-corrected chi connectivity index (χ0v) is 14.0. The molecule has 1 amide bonds. The quantitative estimate of drug-likeness (QED) is 0.904. The minimum absolute atomic E-state index is 0.0107. The summed E-state index contributed by atoms with van der Waals surface area (Å²) in [6.45, 7) is 6.17. The normalized spacial score (nSPS) is 18.5. The van der Waals surface area contributed by atoms with Crippen LogP contribution in [0.1, 0.15) is 24.1 Å². The molecule has 1 atom stereocenters. The molecule has 2 aromatic heterocycles. The molecule has 1 saturated heterocycles. The van der Waals surface area contributed by atoms with Gasteiger partial charge in [0.05, 0.1) is 25.0 Å².